The molecule has 0 aliphatic carbocycles. The zero-order chi connectivity index (χ0) is 17.7. The van der Waals surface area contributed by atoms with Crippen molar-refractivity contribution in [3.05, 3.63) is 28.7 Å². The number of phenolic OH excluding ortho intramolecular Hbond substituents is 2. The van der Waals surface area contributed by atoms with Gasteiger partial charge >= 0.3 is 5.97 Å². The summed E-state index contributed by atoms with van der Waals surface area (Å²) in [5.74, 6) is -1.41. The molecule has 1 aliphatic rings. The highest BCUT2D eigenvalue weighted by Crippen LogP contribution is 2.32. The number of hydrogen-bond donors (Lipinski definition) is 3. The molecule has 126 valence electrons. The van der Waals surface area contributed by atoms with Crippen LogP contribution in [0.1, 0.15) is 5.56 Å². The Morgan fingerprint density at radius 2 is 2.04 bits per heavy atom. The summed E-state index contributed by atoms with van der Waals surface area (Å²) in [6, 6.07) is 2.48. The highest BCUT2D eigenvalue weighted by Gasteiger charge is 2.25. The fourth-order valence-electron chi connectivity index (χ4n) is 1.62. The van der Waals surface area contributed by atoms with E-state index in [0.29, 0.717) is 0 Å². The molecule has 0 atom stereocenters. The van der Waals surface area contributed by atoms with Gasteiger partial charge in [-0.15, -0.1) is 5.10 Å². The van der Waals surface area contributed by atoms with Crippen molar-refractivity contribution in [2.75, 3.05) is 14.2 Å². The summed E-state index contributed by atoms with van der Waals surface area (Å²) in [7, 11) is 2.57. The zero-order valence-electron chi connectivity index (χ0n) is 12.6. The van der Waals surface area contributed by atoms with Crippen LogP contribution in [0.3, 0.4) is 0 Å². The van der Waals surface area contributed by atoms with Crippen LogP contribution < -0.4 is 10.1 Å². The molecular weight excluding hydrogens is 338 g/mol. The highest BCUT2D eigenvalue weighted by atomic mass is 32.2. The summed E-state index contributed by atoms with van der Waals surface area (Å²) in [5.41, 5.74) is 0.258. The maximum Gasteiger partial charge on any atom is 0.331 e. The van der Waals surface area contributed by atoms with E-state index in [2.05, 4.69) is 20.3 Å². The van der Waals surface area contributed by atoms with Gasteiger partial charge in [0.25, 0.3) is 5.91 Å². The molecule has 3 N–H and O–H groups in total. The predicted octanol–water partition coefficient (Wildman–Crippen LogP) is 0.716. The number of carbonyl (C=O) groups is 2. The second-order valence-electron chi connectivity index (χ2n) is 4.32. The minimum Gasteiger partial charge on any atom is -0.507 e. The fraction of sp³-hybridized carbons (Fsp3) is 0.143. The molecule has 1 amide bonds. The average Bonchev–Trinajstić information content (AvgIpc) is 2.89. The lowest BCUT2D eigenvalue weighted by molar-refractivity contribution is -0.135. The molecule has 0 aromatic heterocycles. The van der Waals surface area contributed by atoms with Gasteiger partial charge in [0.1, 0.15) is 5.75 Å². The topological polar surface area (TPSA) is 130 Å². The smallest absolute Gasteiger partial charge is 0.331 e. The van der Waals surface area contributed by atoms with Crippen LogP contribution in [0, 0.1) is 0 Å². The first-order valence-corrected chi connectivity index (χ1v) is 7.26. The van der Waals surface area contributed by atoms with E-state index in [9.17, 15) is 19.8 Å². The van der Waals surface area contributed by atoms with Crippen molar-refractivity contribution in [1.82, 2.24) is 5.32 Å². The summed E-state index contributed by atoms with van der Waals surface area (Å²) in [4.78, 5) is 22.9. The van der Waals surface area contributed by atoms with Gasteiger partial charge in [-0.1, -0.05) is 0 Å². The summed E-state index contributed by atoms with van der Waals surface area (Å²) < 4.78 is 9.37. The first kappa shape index (κ1) is 17.3. The number of aromatic hydroxyl groups is 2. The number of methoxy groups -OCH3 is 2. The van der Waals surface area contributed by atoms with Crippen molar-refractivity contribution in [3.8, 4) is 17.2 Å². The van der Waals surface area contributed by atoms with Gasteiger partial charge in [-0.05, 0) is 17.8 Å². The number of ether oxygens (including phenoxy) is 2. The Kier molecular flexibility index (Phi) is 5.42. The van der Waals surface area contributed by atoms with E-state index >= 15 is 0 Å². The Hall–Kier alpha value is -3.01. The molecule has 0 unspecified atom stereocenters. The van der Waals surface area contributed by atoms with Crippen LogP contribution in [0.4, 0.5) is 0 Å². The van der Waals surface area contributed by atoms with Gasteiger partial charge in [0.15, 0.2) is 16.7 Å². The summed E-state index contributed by atoms with van der Waals surface area (Å²) in [6.45, 7) is 0. The SMILES string of the molecule is COC(=O)/C=C1/S/C(=N\N=Cc2cc(OC)c(O)cc2O)NC1=O. The average molecular weight is 351 g/mol. The van der Waals surface area contributed by atoms with Gasteiger partial charge in [0, 0.05) is 17.7 Å². The number of benzene rings is 1. The van der Waals surface area contributed by atoms with E-state index < -0.39 is 11.9 Å². The van der Waals surface area contributed by atoms with Crippen molar-refractivity contribution in [2.45, 2.75) is 0 Å². The van der Waals surface area contributed by atoms with E-state index in [1.54, 1.807) is 0 Å². The molecule has 0 spiro atoms. The van der Waals surface area contributed by atoms with Gasteiger partial charge in [0.05, 0.1) is 25.3 Å². The monoisotopic (exact) mass is 351 g/mol. The van der Waals surface area contributed by atoms with Gasteiger partial charge in [0.2, 0.25) is 0 Å². The van der Waals surface area contributed by atoms with Crippen molar-refractivity contribution >= 4 is 35.0 Å². The molecular formula is C14H13N3O6S. The minimum atomic E-state index is -0.654. The number of nitrogens with one attached hydrogen (secondary N) is 1. The van der Waals surface area contributed by atoms with Crippen molar-refractivity contribution in [1.29, 1.82) is 0 Å². The lowest BCUT2D eigenvalue weighted by Crippen LogP contribution is -2.19. The van der Waals surface area contributed by atoms with Crippen molar-refractivity contribution in [2.24, 2.45) is 10.2 Å². The largest absolute Gasteiger partial charge is 0.507 e. The summed E-state index contributed by atoms with van der Waals surface area (Å²) in [6.07, 6.45) is 2.27. The Balaban J connectivity index is 2.14. The molecule has 9 nitrogen and oxygen atoms in total. The molecule has 0 saturated carbocycles. The van der Waals surface area contributed by atoms with Crippen LogP contribution >= 0.6 is 11.8 Å². The molecule has 0 radical (unpaired) electrons. The Morgan fingerprint density at radius 1 is 1.29 bits per heavy atom. The standard InChI is InChI=1S/C14H13N3O6S/c1-22-10-3-7(8(18)4-9(10)19)6-15-17-14-16-13(21)11(24-14)5-12(20)23-2/h3-6,18-19H,1-2H3,(H,16,17,21)/b11-5+,15-6?. The maximum absolute atomic E-state index is 11.6. The van der Waals surface area contributed by atoms with E-state index in [0.717, 1.165) is 23.9 Å². The van der Waals surface area contributed by atoms with E-state index in [1.165, 1.54) is 26.5 Å². The summed E-state index contributed by atoms with van der Waals surface area (Å²) >= 11 is 0.921. The normalized spacial score (nSPS) is 17.5. The number of carbonyl (C=O) groups excluding carboxylic acids is 2. The quantitative estimate of drug-likeness (QED) is 0.315. The Morgan fingerprint density at radius 3 is 2.71 bits per heavy atom. The third kappa shape index (κ3) is 4.04. The van der Waals surface area contributed by atoms with Crippen LogP contribution in [0.5, 0.6) is 17.2 Å². The molecule has 1 fully saturated rings. The summed E-state index contributed by atoms with van der Waals surface area (Å²) in [5, 5.41) is 29.3. The minimum absolute atomic E-state index is 0.130. The van der Waals surface area contributed by atoms with E-state index in [-0.39, 0.29) is 32.9 Å². The lowest BCUT2D eigenvalue weighted by Gasteiger charge is -2.05. The number of esters is 1. The molecule has 24 heavy (non-hydrogen) atoms. The predicted molar refractivity (Wildman–Crippen MR) is 87.2 cm³/mol. The lowest BCUT2D eigenvalue weighted by atomic mass is 10.2. The molecule has 1 heterocycles. The molecule has 1 aromatic carbocycles. The van der Waals surface area contributed by atoms with Crippen LogP contribution in [0.2, 0.25) is 0 Å². The fourth-order valence-corrected chi connectivity index (χ4v) is 2.36. The van der Waals surface area contributed by atoms with E-state index in [4.69, 9.17) is 4.74 Å². The molecule has 10 heteroatoms. The van der Waals surface area contributed by atoms with Gasteiger partial charge < -0.3 is 19.7 Å². The third-order valence-corrected chi connectivity index (χ3v) is 3.67. The van der Waals surface area contributed by atoms with Gasteiger partial charge in [-0.3, -0.25) is 10.1 Å². The highest BCUT2D eigenvalue weighted by molar-refractivity contribution is 8.18. The number of amides is 1. The third-order valence-electron chi connectivity index (χ3n) is 2.77. The number of phenols is 2. The molecule has 1 saturated heterocycles. The van der Waals surface area contributed by atoms with Crippen molar-refractivity contribution < 1.29 is 29.3 Å². The maximum atomic E-state index is 11.6. The molecule has 1 aromatic rings. The molecule has 1 aliphatic heterocycles. The number of rotatable bonds is 4. The number of amidine groups is 1. The van der Waals surface area contributed by atoms with Gasteiger partial charge in [-0.2, -0.15) is 5.10 Å². The Bertz CT molecular complexity index is 772. The van der Waals surface area contributed by atoms with Crippen LogP contribution in [0.25, 0.3) is 0 Å². The number of thioether (sulfide) groups is 1. The molecule has 0 bridgehead atoms. The molecule has 2 rings (SSSR count). The van der Waals surface area contributed by atoms with Crippen LogP contribution in [-0.2, 0) is 14.3 Å². The van der Waals surface area contributed by atoms with E-state index in [1.807, 2.05) is 0 Å². The van der Waals surface area contributed by atoms with Crippen LogP contribution in [0.15, 0.2) is 33.3 Å². The van der Waals surface area contributed by atoms with Crippen LogP contribution in [-0.4, -0.2) is 47.7 Å². The zero-order valence-corrected chi connectivity index (χ0v) is 13.5. The first-order chi connectivity index (χ1) is 11.4. The number of hydrogen-bond acceptors (Lipinski definition) is 9. The second kappa shape index (κ2) is 7.51. The Labute approximate surface area is 140 Å². The first-order valence-electron chi connectivity index (χ1n) is 6.44. The van der Waals surface area contributed by atoms with Gasteiger partial charge in [-0.25, -0.2) is 4.79 Å². The number of nitrogens with zero attached hydrogens (tertiary/aromatic N) is 2. The van der Waals surface area contributed by atoms with Crippen molar-refractivity contribution in [3.63, 3.8) is 0 Å². The second-order valence-corrected chi connectivity index (χ2v) is 5.35.